The fourth-order valence-corrected chi connectivity index (χ4v) is 2.16. The van der Waals surface area contributed by atoms with Gasteiger partial charge in [-0.3, -0.25) is 0 Å². The molecular weight excluding hydrogens is 321 g/mol. The van der Waals surface area contributed by atoms with Crippen molar-refractivity contribution >= 4 is 15.9 Å². The van der Waals surface area contributed by atoms with E-state index in [1.807, 2.05) is 24.3 Å². The highest BCUT2D eigenvalue weighted by atomic mass is 79.9. The zero-order chi connectivity index (χ0) is 14.0. The topological polar surface area (TPSA) is 9.23 Å². The normalized spacial score (nSPS) is 11.4. The van der Waals surface area contributed by atoms with E-state index in [0.29, 0.717) is 5.56 Å². The van der Waals surface area contributed by atoms with Crippen LogP contribution in [0, 0.1) is 0 Å². The highest BCUT2D eigenvalue weighted by Crippen LogP contribution is 2.37. The quantitative estimate of drug-likeness (QED) is 0.740. The molecule has 0 radical (unpaired) electrons. The Balaban J connectivity index is 2.53. The van der Waals surface area contributed by atoms with E-state index in [1.54, 1.807) is 0 Å². The van der Waals surface area contributed by atoms with Crippen LogP contribution in [-0.4, -0.2) is 7.11 Å². The van der Waals surface area contributed by atoms with Crippen molar-refractivity contribution in [3.8, 4) is 16.9 Å². The third-order valence-electron chi connectivity index (χ3n) is 2.66. The number of rotatable bonds is 2. The molecule has 0 saturated carbocycles. The second-order valence-corrected chi connectivity index (χ2v) is 4.84. The summed E-state index contributed by atoms with van der Waals surface area (Å²) < 4.78 is 43.8. The Morgan fingerprint density at radius 2 is 1.79 bits per heavy atom. The van der Waals surface area contributed by atoms with Gasteiger partial charge in [-0.2, -0.15) is 13.2 Å². The maximum atomic E-state index is 12.6. The lowest BCUT2D eigenvalue weighted by Gasteiger charge is -2.13. The first-order chi connectivity index (χ1) is 8.91. The lowest BCUT2D eigenvalue weighted by atomic mass is 10.0. The van der Waals surface area contributed by atoms with Gasteiger partial charge in [-0.15, -0.1) is 0 Å². The Morgan fingerprint density at radius 3 is 2.37 bits per heavy atom. The summed E-state index contributed by atoms with van der Waals surface area (Å²) in [5.74, 6) is 0.202. The first-order valence-electron chi connectivity index (χ1n) is 5.43. The van der Waals surface area contributed by atoms with E-state index in [2.05, 4.69) is 15.9 Å². The van der Waals surface area contributed by atoms with Crippen LogP contribution >= 0.6 is 15.9 Å². The summed E-state index contributed by atoms with van der Waals surface area (Å²) in [4.78, 5) is 0. The first kappa shape index (κ1) is 13.9. The zero-order valence-corrected chi connectivity index (χ0v) is 11.5. The second kappa shape index (κ2) is 5.25. The molecule has 0 aliphatic carbocycles. The minimum absolute atomic E-state index is 0.202. The molecule has 0 spiro atoms. The maximum absolute atomic E-state index is 12.6. The molecule has 0 fully saturated rings. The number of benzene rings is 2. The van der Waals surface area contributed by atoms with Gasteiger partial charge in [0.2, 0.25) is 0 Å². The predicted molar refractivity (Wildman–Crippen MR) is 71.1 cm³/mol. The highest BCUT2D eigenvalue weighted by molar-refractivity contribution is 9.10. The van der Waals surface area contributed by atoms with E-state index >= 15 is 0 Å². The first-order valence-corrected chi connectivity index (χ1v) is 6.22. The van der Waals surface area contributed by atoms with Gasteiger partial charge in [-0.1, -0.05) is 34.1 Å². The Hall–Kier alpha value is -1.49. The zero-order valence-electron chi connectivity index (χ0n) is 9.96. The summed E-state index contributed by atoms with van der Waals surface area (Å²) in [5, 5.41) is 0. The van der Waals surface area contributed by atoms with Gasteiger partial charge >= 0.3 is 6.18 Å². The number of alkyl halides is 3. The van der Waals surface area contributed by atoms with Gasteiger partial charge in [0.05, 0.1) is 12.7 Å². The molecule has 100 valence electrons. The van der Waals surface area contributed by atoms with Crippen LogP contribution in [0.1, 0.15) is 5.56 Å². The molecular formula is C14H10BrF3O. The number of methoxy groups -OCH3 is 1. The molecule has 0 unspecified atom stereocenters. The lowest BCUT2D eigenvalue weighted by molar-refractivity contribution is -0.137. The van der Waals surface area contributed by atoms with Gasteiger partial charge in [0.1, 0.15) is 5.75 Å². The SMILES string of the molecule is COc1cc(C(F)(F)F)ccc1-c1cccc(Br)c1. The molecule has 0 heterocycles. The van der Waals surface area contributed by atoms with Gasteiger partial charge in [-0.25, -0.2) is 0 Å². The van der Waals surface area contributed by atoms with Crippen LogP contribution in [0.15, 0.2) is 46.9 Å². The van der Waals surface area contributed by atoms with Gasteiger partial charge < -0.3 is 4.74 Å². The van der Waals surface area contributed by atoms with Crippen molar-refractivity contribution in [1.29, 1.82) is 0 Å². The summed E-state index contributed by atoms with van der Waals surface area (Å²) in [6.45, 7) is 0. The van der Waals surface area contributed by atoms with Crippen molar-refractivity contribution in [2.24, 2.45) is 0 Å². The smallest absolute Gasteiger partial charge is 0.416 e. The molecule has 2 rings (SSSR count). The Morgan fingerprint density at radius 1 is 1.05 bits per heavy atom. The largest absolute Gasteiger partial charge is 0.496 e. The van der Waals surface area contributed by atoms with Crippen LogP contribution in [0.25, 0.3) is 11.1 Å². The molecule has 0 atom stereocenters. The molecule has 1 nitrogen and oxygen atoms in total. The Kier molecular flexibility index (Phi) is 3.85. The molecule has 0 amide bonds. The summed E-state index contributed by atoms with van der Waals surface area (Å²) in [7, 11) is 1.36. The molecule has 2 aromatic carbocycles. The summed E-state index contributed by atoms with van der Waals surface area (Å²) >= 11 is 3.33. The van der Waals surface area contributed by atoms with Crippen molar-refractivity contribution in [2.75, 3.05) is 7.11 Å². The van der Waals surface area contributed by atoms with E-state index in [-0.39, 0.29) is 5.75 Å². The molecule has 0 aromatic heterocycles. The number of halogens is 4. The van der Waals surface area contributed by atoms with Gasteiger partial charge in [0.15, 0.2) is 0 Å². The fraction of sp³-hybridized carbons (Fsp3) is 0.143. The van der Waals surface area contributed by atoms with Crippen molar-refractivity contribution in [3.63, 3.8) is 0 Å². The fourth-order valence-electron chi connectivity index (χ4n) is 1.76. The Bertz CT molecular complexity index is 593. The summed E-state index contributed by atoms with van der Waals surface area (Å²) in [6, 6.07) is 10.8. The van der Waals surface area contributed by atoms with Crippen LogP contribution in [0.2, 0.25) is 0 Å². The van der Waals surface area contributed by atoms with E-state index in [9.17, 15) is 13.2 Å². The van der Waals surface area contributed by atoms with E-state index in [0.717, 1.165) is 22.2 Å². The highest BCUT2D eigenvalue weighted by Gasteiger charge is 2.31. The van der Waals surface area contributed by atoms with Crippen LogP contribution in [0.3, 0.4) is 0 Å². The van der Waals surface area contributed by atoms with Crippen LogP contribution < -0.4 is 4.74 Å². The van der Waals surface area contributed by atoms with Gasteiger partial charge in [-0.05, 0) is 29.8 Å². The molecule has 0 saturated heterocycles. The lowest BCUT2D eigenvalue weighted by Crippen LogP contribution is -2.05. The maximum Gasteiger partial charge on any atom is 0.416 e. The van der Waals surface area contributed by atoms with Crippen molar-refractivity contribution < 1.29 is 17.9 Å². The second-order valence-electron chi connectivity index (χ2n) is 3.92. The van der Waals surface area contributed by atoms with E-state index < -0.39 is 11.7 Å². The summed E-state index contributed by atoms with van der Waals surface area (Å²) in [6.07, 6.45) is -4.37. The van der Waals surface area contributed by atoms with Crippen molar-refractivity contribution in [3.05, 3.63) is 52.5 Å². The van der Waals surface area contributed by atoms with E-state index in [1.165, 1.54) is 13.2 Å². The third-order valence-corrected chi connectivity index (χ3v) is 3.16. The van der Waals surface area contributed by atoms with Crippen LogP contribution in [-0.2, 0) is 6.18 Å². The number of hydrogen-bond acceptors (Lipinski definition) is 1. The number of hydrogen-bond donors (Lipinski definition) is 0. The molecule has 0 aliphatic rings. The average Bonchev–Trinajstić information content (AvgIpc) is 2.37. The predicted octanol–water partition coefficient (Wildman–Crippen LogP) is 5.14. The minimum atomic E-state index is -4.37. The monoisotopic (exact) mass is 330 g/mol. The van der Waals surface area contributed by atoms with E-state index in [4.69, 9.17) is 4.74 Å². The van der Waals surface area contributed by atoms with Gasteiger partial charge in [0.25, 0.3) is 0 Å². The standard InChI is InChI=1S/C14H10BrF3O/c1-19-13-8-10(14(16,17)18)5-6-12(13)9-3-2-4-11(15)7-9/h2-8H,1H3. The molecule has 19 heavy (non-hydrogen) atoms. The van der Waals surface area contributed by atoms with Crippen molar-refractivity contribution in [2.45, 2.75) is 6.18 Å². The molecule has 0 bridgehead atoms. The van der Waals surface area contributed by atoms with Gasteiger partial charge in [0, 0.05) is 10.0 Å². The molecule has 5 heteroatoms. The molecule has 2 aromatic rings. The third kappa shape index (κ3) is 3.10. The average molecular weight is 331 g/mol. The van der Waals surface area contributed by atoms with Crippen LogP contribution in [0.5, 0.6) is 5.75 Å². The molecule has 0 N–H and O–H groups in total. The Labute approximate surface area is 117 Å². The molecule has 0 aliphatic heterocycles. The summed E-state index contributed by atoms with van der Waals surface area (Å²) in [5.41, 5.74) is 0.694. The van der Waals surface area contributed by atoms with Crippen molar-refractivity contribution in [1.82, 2.24) is 0 Å². The minimum Gasteiger partial charge on any atom is -0.496 e. The number of ether oxygens (including phenoxy) is 1. The van der Waals surface area contributed by atoms with Crippen LogP contribution in [0.4, 0.5) is 13.2 Å².